The number of hydrogen-bond donors (Lipinski definition) is 0. The Morgan fingerprint density at radius 3 is 2.53 bits per heavy atom. The minimum absolute atomic E-state index is 0.207. The molecule has 8 heteroatoms. The van der Waals surface area contributed by atoms with Crippen molar-refractivity contribution in [1.82, 2.24) is 9.21 Å². The predicted molar refractivity (Wildman–Crippen MR) is 118 cm³/mol. The van der Waals surface area contributed by atoms with Gasteiger partial charge in [0.25, 0.3) is 10.0 Å². The van der Waals surface area contributed by atoms with Gasteiger partial charge in [0.2, 0.25) is 5.91 Å². The molecule has 3 heterocycles. The molecule has 0 unspecified atom stereocenters. The van der Waals surface area contributed by atoms with E-state index in [1.807, 2.05) is 17.0 Å². The van der Waals surface area contributed by atoms with Gasteiger partial charge in [-0.1, -0.05) is 12.1 Å². The van der Waals surface area contributed by atoms with Crippen molar-refractivity contribution >= 4 is 33.0 Å². The Kier molecular flexibility index (Phi) is 5.11. The van der Waals surface area contributed by atoms with Crippen LogP contribution in [0.4, 0.5) is 5.69 Å². The topological polar surface area (TPSA) is 60.9 Å². The number of rotatable bonds is 4. The van der Waals surface area contributed by atoms with E-state index in [2.05, 4.69) is 30.0 Å². The van der Waals surface area contributed by atoms with Crippen LogP contribution in [0.25, 0.3) is 0 Å². The van der Waals surface area contributed by atoms with Crippen LogP contribution in [0.1, 0.15) is 28.8 Å². The molecule has 2 aliphatic heterocycles. The Labute approximate surface area is 182 Å². The van der Waals surface area contributed by atoms with Crippen molar-refractivity contribution in [3.8, 4) is 0 Å². The maximum absolute atomic E-state index is 13.3. The number of carbonyl (C=O) groups excluding carboxylic acids is 1. The van der Waals surface area contributed by atoms with Gasteiger partial charge in [-0.15, -0.1) is 11.3 Å². The maximum atomic E-state index is 13.3. The molecule has 1 amide bonds. The number of amides is 1. The van der Waals surface area contributed by atoms with Crippen molar-refractivity contribution in [2.75, 3.05) is 37.6 Å². The van der Waals surface area contributed by atoms with Crippen molar-refractivity contribution in [3.05, 3.63) is 46.3 Å². The normalized spacial score (nSPS) is 20.3. The minimum atomic E-state index is -3.49. The van der Waals surface area contributed by atoms with Crippen molar-refractivity contribution in [2.45, 2.75) is 36.9 Å². The summed E-state index contributed by atoms with van der Waals surface area (Å²) in [7, 11) is -3.49. The first kappa shape index (κ1) is 20.0. The van der Waals surface area contributed by atoms with Crippen LogP contribution in [0.2, 0.25) is 0 Å². The summed E-state index contributed by atoms with van der Waals surface area (Å²) in [6.07, 6.45) is 2.76. The molecule has 30 heavy (non-hydrogen) atoms. The summed E-state index contributed by atoms with van der Waals surface area (Å²) in [6, 6.07) is 10.2. The molecule has 0 bridgehead atoms. The van der Waals surface area contributed by atoms with E-state index in [9.17, 15) is 13.2 Å². The number of aryl methyl sites for hydroxylation is 1. The highest BCUT2D eigenvalue weighted by molar-refractivity contribution is 7.91. The van der Waals surface area contributed by atoms with E-state index in [4.69, 9.17) is 0 Å². The first-order valence-corrected chi connectivity index (χ1v) is 12.9. The Morgan fingerprint density at radius 2 is 1.83 bits per heavy atom. The minimum Gasteiger partial charge on any atom is -0.369 e. The van der Waals surface area contributed by atoms with Gasteiger partial charge in [-0.25, -0.2) is 8.42 Å². The molecule has 2 aromatic rings. The van der Waals surface area contributed by atoms with Gasteiger partial charge in [-0.3, -0.25) is 4.79 Å². The fourth-order valence-corrected chi connectivity index (χ4v) is 7.47. The second-order valence-electron chi connectivity index (χ2n) is 8.53. The average Bonchev–Trinajstić information content (AvgIpc) is 3.51. The number of sulfonamides is 1. The van der Waals surface area contributed by atoms with Crippen LogP contribution >= 0.6 is 11.3 Å². The van der Waals surface area contributed by atoms with Crippen LogP contribution in [-0.4, -0.2) is 56.3 Å². The number of anilines is 1. The van der Waals surface area contributed by atoms with Gasteiger partial charge >= 0.3 is 0 Å². The molecule has 1 aliphatic carbocycles. The lowest BCUT2D eigenvalue weighted by Gasteiger charge is -2.35. The molecule has 5 rings (SSSR count). The van der Waals surface area contributed by atoms with Crippen molar-refractivity contribution in [1.29, 1.82) is 0 Å². The van der Waals surface area contributed by atoms with E-state index in [-0.39, 0.29) is 11.8 Å². The first-order chi connectivity index (χ1) is 14.4. The highest BCUT2D eigenvalue weighted by Crippen LogP contribution is 2.36. The van der Waals surface area contributed by atoms with Gasteiger partial charge in [-0.2, -0.15) is 4.31 Å². The Morgan fingerprint density at radius 1 is 1.07 bits per heavy atom. The Balaban J connectivity index is 1.28. The summed E-state index contributed by atoms with van der Waals surface area (Å²) in [5, 5.41) is 0. The highest BCUT2D eigenvalue weighted by Gasteiger charge is 2.36. The van der Waals surface area contributed by atoms with Gasteiger partial charge in [0, 0.05) is 55.8 Å². The van der Waals surface area contributed by atoms with Gasteiger partial charge in [-0.05, 0) is 55.5 Å². The summed E-state index contributed by atoms with van der Waals surface area (Å²) < 4.78 is 28.6. The van der Waals surface area contributed by atoms with Crippen molar-refractivity contribution < 1.29 is 13.2 Å². The van der Waals surface area contributed by atoms with Gasteiger partial charge in [0.05, 0.1) is 0 Å². The molecule has 1 saturated heterocycles. The summed E-state index contributed by atoms with van der Waals surface area (Å²) in [4.78, 5) is 17.7. The zero-order valence-electron chi connectivity index (χ0n) is 17.2. The standard InChI is InChI=1S/C22H27N3O3S2/c1-16-3-2-4-19(13-16)23-9-11-25(12-10-23)30(27,28)21-14-18-15-24(8-7-20(18)29-21)22(26)17-5-6-17/h2-4,13-14,17H,5-12,15H2,1H3. The second kappa shape index (κ2) is 7.66. The average molecular weight is 446 g/mol. The SMILES string of the molecule is Cc1cccc(N2CCN(S(=O)(=O)c3cc4c(s3)CCN(C(=O)C3CC3)C4)CC2)c1. The number of thiophene rings is 1. The summed E-state index contributed by atoms with van der Waals surface area (Å²) in [6.45, 7) is 5.70. The second-order valence-corrected chi connectivity index (χ2v) is 11.8. The van der Waals surface area contributed by atoms with Gasteiger partial charge in [0.15, 0.2) is 0 Å². The summed E-state index contributed by atoms with van der Waals surface area (Å²) in [5.41, 5.74) is 3.37. The van der Waals surface area contributed by atoms with Crippen LogP contribution in [0, 0.1) is 12.8 Å². The van der Waals surface area contributed by atoms with Crippen LogP contribution in [0.5, 0.6) is 0 Å². The molecule has 0 atom stereocenters. The number of hydrogen-bond acceptors (Lipinski definition) is 5. The third-order valence-electron chi connectivity index (χ3n) is 6.28. The predicted octanol–water partition coefficient (Wildman–Crippen LogP) is 2.86. The quantitative estimate of drug-likeness (QED) is 0.726. The van der Waals surface area contributed by atoms with E-state index >= 15 is 0 Å². The van der Waals surface area contributed by atoms with Crippen molar-refractivity contribution in [2.24, 2.45) is 5.92 Å². The smallest absolute Gasteiger partial charge is 0.252 e. The van der Waals surface area contributed by atoms with Crippen molar-refractivity contribution in [3.63, 3.8) is 0 Å². The molecule has 1 aromatic heterocycles. The third kappa shape index (κ3) is 3.76. The molecule has 3 aliphatic rings. The van der Waals surface area contributed by atoms with Gasteiger partial charge < -0.3 is 9.80 Å². The Hall–Kier alpha value is -1.90. The molecular formula is C22H27N3O3S2. The van der Waals surface area contributed by atoms with Crippen LogP contribution in [0.15, 0.2) is 34.5 Å². The highest BCUT2D eigenvalue weighted by atomic mass is 32.2. The molecular weight excluding hydrogens is 418 g/mol. The zero-order valence-corrected chi connectivity index (χ0v) is 18.8. The largest absolute Gasteiger partial charge is 0.369 e. The van der Waals surface area contributed by atoms with E-state index in [0.717, 1.165) is 35.4 Å². The number of nitrogens with zero attached hydrogens (tertiary/aromatic N) is 3. The third-order valence-corrected chi connectivity index (χ3v) is 9.87. The lowest BCUT2D eigenvalue weighted by Crippen LogP contribution is -2.48. The lowest BCUT2D eigenvalue weighted by atomic mass is 10.1. The number of carbonyl (C=O) groups is 1. The lowest BCUT2D eigenvalue weighted by molar-refractivity contribution is -0.133. The zero-order chi connectivity index (χ0) is 20.9. The molecule has 0 spiro atoms. The summed E-state index contributed by atoms with van der Waals surface area (Å²) >= 11 is 1.39. The fourth-order valence-electron chi connectivity index (χ4n) is 4.35. The molecule has 0 N–H and O–H groups in total. The van der Waals surface area contributed by atoms with Crippen LogP contribution in [-0.2, 0) is 27.8 Å². The van der Waals surface area contributed by atoms with Crippen LogP contribution < -0.4 is 4.90 Å². The molecule has 160 valence electrons. The van der Waals surface area contributed by atoms with E-state index in [1.165, 1.54) is 16.9 Å². The number of benzene rings is 1. The number of fused-ring (bicyclic) bond motifs is 1. The molecule has 2 fully saturated rings. The molecule has 1 aromatic carbocycles. The van der Waals surface area contributed by atoms with E-state index in [0.29, 0.717) is 43.5 Å². The summed E-state index contributed by atoms with van der Waals surface area (Å²) in [5.74, 6) is 0.446. The van der Waals surface area contributed by atoms with E-state index in [1.54, 1.807) is 4.31 Å². The van der Waals surface area contributed by atoms with Gasteiger partial charge in [0.1, 0.15) is 4.21 Å². The monoisotopic (exact) mass is 445 g/mol. The molecule has 6 nitrogen and oxygen atoms in total. The first-order valence-electron chi connectivity index (χ1n) is 10.6. The van der Waals surface area contributed by atoms with Crippen LogP contribution in [0.3, 0.4) is 0 Å². The molecule has 1 saturated carbocycles. The number of piperazine rings is 1. The molecule has 0 radical (unpaired) electrons. The Bertz CT molecular complexity index is 1070. The van der Waals surface area contributed by atoms with E-state index < -0.39 is 10.0 Å². The fraction of sp³-hybridized carbons (Fsp3) is 0.500. The maximum Gasteiger partial charge on any atom is 0.252 e.